The highest BCUT2D eigenvalue weighted by Gasteiger charge is 2.38. The molecule has 2 aromatic heterocycles. The van der Waals surface area contributed by atoms with Crippen LogP contribution in [-0.2, 0) is 7.05 Å². The summed E-state index contributed by atoms with van der Waals surface area (Å²) < 4.78 is 1.64. The van der Waals surface area contributed by atoms with Gasteiger partial charge in [0.15, 0.2) is 5.65 Å². The Hall–Kier alpha value is -2.11. The van der Waals surface area contributed by atoms with Crippen LogP contribution in [0.25, 0.3) is 11.0 Å². The van der Waals surface area contributed by atoms with Crippen molar-refractivity contribution in [2.45, 2.75) is 44.4 Å². The molecule has 1 N–H and O–H groups in total. The molecule has 0 bridgehead atoms. The van der Waals surface area contributed by atoms with Crippen LogP contribution in [0, 0.1) is 11.8 Å². The molecule has 6 nitrogen and oxygen atoms in total. The van der Waals surface area contributed by atoms with Gasteiger partial charge in [-0.3, -0.25) is 19.4 Å². The van der Waals surface area contributed by atoms with E-state index in [4.69, 9.17) is 0 Å². The quantitative estimate of drug-likeness (QED) is 0.912. The second kappa shape index (κ2) is 5.44. The number of aromatic amines is 1. The molecule has 1 aliphatic heterocycles. The van der Waals surface area contributed by atoms with Gasteiger partial charge in [-0.25, -0.2) is 4.98 Å². The van der Waals surface area contributed by atoms with Crippen LogP contribution in [0.15, 0.2) is 10.9 Å². The highest BCUT2D eigenvalue weighted by molar-refractivity contribution is 6.05. The molecule has 6 heteroatoms. The van der Waals surface area contributed by atoms with Gasteiger partial charge in [0.1, 0.15) is 0 Å². The van der Waals surface area contributed by atoms with Crippen molar-refractivity contribution < 1.29 is 4.79 Å². The zero-order valence-electron chi connectivity index (χ0n) is 14.6. The fourth-order valence-electron chi connectivity index (χ4n) is 4.78. The fraction of sp³-hybridized carbons (Fsp3) is 0.632. The van der Waals surface area contributed by atoms with Crippen molar-refractivity contribution >= 4 is 16.9 Å². The fourth-order valence-corrected chi connectivity index (χ4v) is 4.78. The molecule has 132 valence electrons. The maximum Gasteiger partial charge on any atom is 0.274 e. The molecule has 25 heavy (non-hydrogen) atoms. The summed E-state index contributed by atoms with van der Waals surface area (Å²) in [5.74, 6) is 1.75. The number of aryl methyl sites for hydroxylation is 1. The molecule has 2 aliphatic carbocycles. The predicted molar refractivity (Wildman–Crippen MR) is 94.7 cm³/mol. The van der Waals surface area contributed by atoms with Gasteiger partial charge in [0, 0.05) is 31.7 Å². The van der Waals surface area contributed by atoms with E-state index >= 15 is 0 Å². The standard InChI is InChI=1S/C19H24N4O2/c1-22-17-16(18(24)21-22)14(8-15(20-17)11-6-7-11)19(25)23-9-12-4-2-3-5-13(12)10-23/h8,11-13H,2-7,9-10H2,1H3,(H,21,24)/t12-,13-/m0/s1. The molecule has 0 aromatic carbocycles. The van der Waals surface area contributed by atoms with E-state index in [1.54, 1.807) is 11.7 Å². The summed E-state index contributed by atoms with van der Waals surface area (Å²) in [6.07, 6.45) is 7.29. The van der Waals surface area contributed by atoms with Crippen molar-refractivity contribution in [1.29, 1.82) is 0 Å². The first-order valence-electron chi connectivity index (χ1n) is 9.50. The van der Waals surface area contributed by atoms with Gasteiger partial charge in [-0.15, -0.1) is 0 Å². The van der Waals surface area contributed by atoms with Crippen molar-refractivity contribution in [1.82, 2.24) is 19.7 Å². The third-order valence-corrected chi connectivity index (χ3v) is 6.32. The van der Waals surface area contributed by atoms with Gasteiger partial charge < -0.3 is 4.90 Å². The highest BCUT2D eigenvalue weighted by atomic mass is 16.2. The van der Waals surface area contributed by atoms with Crippen LogP contribution < -0.4 is 5.56 Å². The lowest BCUT2D eigenvalue weighted by Crippen LogP contribution is -2.30. The van der Waals surface area contributed by atoms with Crippen LogP contribution in [-0.4, -0.2) is 38.7 Å². The second-order valence-electron chi connectivity index (χ2n) is 8.08. The Morgan fingerprint density at radius 2 is 1.84 bits per heavy atom. The third kappa shape index (κ3) is 2.41. The lowest BCUT2D eigenvalue weighted by molar-refractivity contribution is 0.0785. The van der Waals surface area contributed by atoms with Crippen LogP contribution in [0.1, 0.15) is 60.5 Å². The number of aromatic nitrogens is 3. The number of fused-ring (bicyclic) bond motifs is 2. The van der Waals surface area contributed by atoms with Gasteiger partial charge in [-0.05, 0) is 43.6 Å². The Balaban J connectivity index is 1.57. The first-order chi connectivity index (χ1) is 12.1. The van der Waals surface area contributed by atoms with Crippen LogP contribution in [0.4, 0.5) is 0 Å². The molecule has 3 heterocycles. The monoisotopic (exact) mass is 340 g/mol. The summed E-state index contributed by atoms with van der Waals surface area (Å²) in [6.45, 7) is 1.69. The van der Waals surface area contributed by atoms with E-state index in [1.807, 2.05) is 11.0 Å². The zero-order chi connectivity index (χ0) is 17.1. The summed E-state index contributed by atoms with van der Waals surface area (Å²) >= 11 is 0. The minimum absolute atomic E-state index is 0.0143. The van der Waals surface area contributed by atoms with Gasteiger partial charge >= 0.3 is 0 Å². The van der Waals surface area contributed by atoms with Crippen molar-refractivity contribution in [2.75, 3.05) is 13.1 Å². The van der Waals surface area contributed by atoms with E-state index in [-0.39, 0.29) is 11.5 Å². The van der Waals surface area contributed by atoms with Crippen LogP contribution >= 0.6 is 0 Å². The summed E-state index contributed by atoms with van der Waals surface area (Å²) in [4.78, 5) is 32.3. The first-order valence-corrected chi connectivity index (χ1v) is 9.50. The summed E-state index contributed by atoms with van der Waals surface area (Å²) in [5, 5.41) is 3.22. The summed E-state index contributed by atoms with van der Waals surface area (Å²) in [7, 11) is 1.78. The molecule has 3 aliphatic rings. The molecule has 1 amide bonds. The van der Waals surface area contributed by atoms with Crippen molar-refractivity contribution in [3.63, 3.8) is 0 Å². The van der Waals surface area contributed by atoms with E-state index in [0.29, 0.717) is 34.4 Å². The number of carbonyl (C=O) groups is 1. The van der Waals surface area contributed by atoms with Gasteiger partial charge in [-0.1, -0.05) is 12.8 Å². The molecule has 0 unspecified atom stereocenters. The number of hydrogen-bond acceptors (Lipinski definition) is 3. The average molecular weight is 340 g/mol. The smallest absolute Gasteiger partial charge is 0.274 e. The van der Waals surface area contributed by atoms with Gasteiger partial charge in [0.2, 0.25) is 0 Å². The minimum Gasteiger partial charge on any atom is -0.338 e. The molecule has 2 saturated carbocycles. The van der Waals surface area contributed by atoms with Crippen LogP contribution in [0.2, 0.25) is 0 Å². The summed E-state index contributed by atoms with van der Waals surface area (Å²) in [6, 6.07) is 1.89. The number of amides is 1. The lowest BCUT2D eigenvalue weighted by atomic mass is 9.82. The van der Waals surface area contributed by atoms with E-state index in [2.05, 4.69) is 10.1 Å². The zero-order valence-corrected chi connectivity index (χ0v) is 14.6. The number of nitrogens with zero attached hydrogens (tertiary/aromatic N) is 3. The molecule has 5 rings (SSSR count). The number of hydrogen-bond donors (Lipinski definition) is 1. The number of likely N-dealkylation sites (tertiary alicyclic amines) is 1. The minimum atomic E-state index is -0.215. The number of H-pyrrole nitrogens is 1. The lowest BCUT2D eigenvalue weighted by Gasteiger charge is -2.22. The molecule has 0 spiro atoms. The average Bonchev–Trinajstić information content (AvgIpc) is 3.31. The number of pyridine rings is 1. The molecular weight excluding hydrogens is 316 g/mol. The van der Waals surface area contributed by atoms with Gasteiger partial charge in [0.25, 0.3) is 11.5 Å². The molecule has 0 radical (unpaired) electrons. The maximum absolute atomic E-state index is 13.3. The van der Waals surface area contributed by atoms with Gasteiger partial charge in [0.05, 0.1) is 10.9 Å². The molecular formula is C19H24N4O2. The Bertz CT molecular complexity index is 894. The van der Waals surface area contributed by atoms with Crippen molar-refractivity contribution in [3.8, 4) is 0 Å². The molecule has 3 fully saturated rings. The first kappa shape index (κ1) is 15.2. The Morgan fingerprint density at radius 3 is 2.48 bits per heavy atom. The maximum atomic E-state index is 13.3. The Morgan fingerprint density at radius 1 is 1.16 bits per heavy atom. The van der Waals surface area contributed by atoms with E-state index < -0.39 is 0 Å². The SMILES string of the molecule is Cn1[nH]c(=O)c2c(C(=O)N3C[C@@H]4CCCC[C@H]4C3)cc(C3CC3)nc21. The predicted octanol–water partition coefficient (Wildman–Crippen LogP) is 2.40. The van der Waals surface area contributed by atoms with Crippen molar-refractivity contribution in [3.05, 3.63) is 27.7 Å². The second-order valence-corrected chi connectivity index (χ2v) is 8.08. The summed E-state index contributed by atoms with van der Waals surface area (Å²) in [5.41, 5.74) is 1.90. The molecule has 2 atom stereocenters. The number of nitrogens with one attached hydrogen (secondary N) is 1. The largest absolute Gasteiger partial charge is 0.338 e. The third-order valence-electron chi connectivity index (χ3n) is 6.32. The van der Waals surface area contributed by atoms with Crippen LogP contribution in [0.3, 0.4) is 0 Å². The van der Waals surface area contributed by atoms with Crippen molar-refractivity contribution in [2.24, 2.45) is 18.9 Å². The van der Waals surface area contributed by atoms with E-state index in [1.165, 1.54) is 25.7 Å². The molecule has 1 saturated heterocycles. The number of rotatable bonds is 2. The Labute approximate surface area is 146 Å². The van der Waals surface area contributed by atoms with Gasteiger partial charge in [-0.2, -0.15) is 0 Å². The highest BCUT2D eigenvalue weighted by Crippen LogP contribution is 2.41. The number of carbonyl (C=O) groups excluding carboxylic acids is 1. The molecule has 2 aromatic rings. The van der Waals surface area contributed by atoms with E-state index in [0.717, 1.165) is 31.6 Å². The van der Waals surface area contributed by atoms with E-state index in [9.17, 15) is 9.59 Å². The normalized spacial score (nSPS) is 26.2. The van der Waals surface area contributed by atoms with Crippen LogP contribution in [0.5, 0.6) is 0 Å². The Kier molecular flexibility index (Phi) is 3.30. The topological polar surface area (TPSA) is 71.0 Å².